The molecule has 0 fully saturated rings. The number of esters is 1. The van der Waals surface area contributed by atoms with Gasteiger partial charge in [0.15, 0.2) is 0 Å². The number of nitrogens with zero attached hydrogens (tertiary/aromatic N) is 1. The molecule has 1 aliphatic heterocycles. The molecule has 1 atom stereocenters. The van der Waals surface area contributed by atoms with Crippen molar-refractivity contribution in [2.45, 2.75) is 39.0 Å². The first kappa shape index (κ1) is 23.9. The first-order valence-corrected chi connectivity index (χ1v) is 11.7. The average Bonchev–Trinajstić information content (AvgIpc) is 2.86. The van der Waals surface area contributed by atoms with Crippen LogP contribution in [0.25, 0.3) is 0 Å². The number of aryl methyl sites for hydroxylation is 1. The second-order valence-corrected chi connectivity index (χ2v) is 8.48. The van der Waals surface area contributed by atoms with Gasteiger partial charge in [-0.25, -0.2) is 4.79 Å². The summed E-state index contributed by atoms with van der Waals surface area (Å²) >= 11 is 0. The van der Waals surface area contributed by atoms with Crippen LogP contribution < -0.4 is 19.9 Å². The SMILES string of the molecule is CCCCCOc1ccccc1C1C(C#N)=C(N)Oc2cc(OC(=O)c3cccc(C)c3)ccc21. The molecule has 3 aromatic rings. The fourth-order valence-corrected chi connectivity index (χ4v) is 4.14. The number of para-hydroxylation sites is 1. The summed E-state index contributed by atoms with van der Waals surface area (Å²) in [4.78, 5) is 12.6. The zero-order chi connectivity index (χ0) is 24.8. The monoisotopic (exact) mass is 468 g/mol. The Labute approximate surface area is 205 Å². The highest BCUT2D eigenvalue weighted by atomic mass is 16.5. The third-order valence-electron chi connectivity index (χ3n) is 5.89. The van der Waals surface area contributed by atoms with Gasteiger partial charge in [-0.1, -0.05) is 61.7 Å². The van der Waals surface area contributed by atoms with Gasteiger partial charge in [0.05, 0.1) is 18.1 Å². The maximum absolute atomic E-state index is 12.6. The summed E-state index contributed by atoms with van der Waals surface area (Å²) in [7, 11) is 0. The molecule has 3 aromatic carbocycles. The van der Waals surface area contributed by atoms with Crippen LogP contribution in [0, 0.1) is 18.3 Å². The molecule has 1 heterocycles. The van der Waals surface area contributed by atoms with E-state index in [2.05, 4.69) is 13.0 Å². The Hall–Kier alpha value is -4.24. The van der Waals surface area contributed by atoms with Crippen LogP contribution >= 0.6 is 0 Å². The first-order chi connectivity index (χ1) is 17.0. The van der Waals surface area contributed by atoms with Crippen molar-refractivity contribution in [1.82, 2.24) is 0 Å². The second-order valence-electron chi connectivity index (χ2n) is 8.48. The predicted molar refractivity (Wildman–Crippen MR) is 133 cm³/mol. The van der Waals surface area contributed by atoms with Crippen molar-refractivity contribution in [3.05, 3.63) is 100 Å². The van der Waals surface area contributed by atoms with Crippen molar-refractivity contribution in [2.75, 3.05) is 6.61 Å². The Balaban J connectivity index is 1.66. The van der Waals surface area contributed by atoms with E-state index in [1.807, 2.05) is 43.3 Å². The van der Waals surface area contributed by atoms with Gasteiger partial charge in [-0.2, -0.15) is 5.26 Å². The minimum Gasteiger partial charge on any atom is -0.493 e. The van der Waals surface area contributed by atoms with Crippen molar-refractivity contribution >= 4 is 5.97 Å². The lowest BCUT2D eigenvalue weighted by molar-refractivity contribution is 0.0734. The van der Waals surface area contributed by atoms with E-state index in [9.17, 15) is 10.1 Å². The van der Waals surface area contributed by atoms with Gasteiger partial charge in [0.1, 0.15) is 28.9 Å². The molecule has 6 nitrogen and oxygen atoms in total. The third-order valence-corrected chi connectivity index (χ3v) is 5.89. The number of carbonyl (C=O) groups excluding carboxylic acids is 1. The Morgan fingerprint density at radius 1 is 1.06 bits per heavy atom. The Morgan fingerprint density at radius 3 is 2.66 bits per heavy atom. The van der Waals surface area contributed by atoms with E-state index in [0.29, 0.717) is 35.0 Å². The summed E-state index contributed by atoms with van der Waals surface area (Å²) in [5.74, 6) is 0.554. The summed E-state index contributed by atoms with van der Waals surface area (Å²) in [5, 5.41) is 9.90. The molecule has 0 radical (unpaired) electrons. The van der Waals surface area contributed by atoms with Crippen LogP contribution in [0.15, 0.2) is 78.2 Å². The average molecular weight is 469 g/mol. The molecule has 178 valence electrons. The molecule has 0 saturated carbocycles. The lowest BCUT2D eigenvalue weighted by Crippen LogP contribution is -2.21. The predicted octanol–water partition coefficient (Wildman–Crippen LogP) is 6.00. The van der Waals surface area contributed by atoms with Crippen molar-refractivity contribution in [1.29, 1.82) is 5.26 Å². The Bertz CT molecular complexity index is 1310. The lowest BCUT2D eigenvalue weighted by Gasteiger charge is -2.28. The van der Waals surface area contributed by atoms with Gasteiger partial charge < -0.3 is 19.9 Å². The molecule has 0 bridgehead atoms. The summed E-state index contributed by atoms with van der Waals surface area (Å²) in [5.41, 5.74) is 9.48. The fourth-order valence-electron chi connectivity index (χ4n) is 4.14. The van der Waals surface area contributed by atoms with Gasteiger partial charge in [-0.15, -0.1) is 0 Å². The molecular formula is C29H28N2O4. The molecule has 6 heteroatoms. The van der Waals surface area contributed by atoms with E-state index >= 15 is 0 Å². The van der Waals surface area contributed by atoms with Crippen LogP contribution in [0.5, 0.6) is 17.2 Å². The number of fused-ring (bicyclic) bond motifs is 1. The standard InChI is InChI=1S/C29H28N2O4/c1-3-4-7-15-33-25-12-6-5-11-22(25)27-23-14-13-21(17-26(23)35-28(31)24(27)18-30)34-29(32)20-10-8-9-19(2)16-20/h5-6,8-14,16-17,27H,3-4,7,15,31H2,1-2H3. The van der Waals surface area contributed by atoms with E-state index in [1.54, 1.807) is 30.3 Å². The van der Waals surface area contributed by atoms with Crippen molar-refractivity contribution in [3.63, 3.8) is 0 Å². The molecule has 0 aliphatic carbocycles. The van der Waals surface area contributed by atoms with Gasteiger partial charge in [-0.05, 0) is 37.6 Å². The molecule has 0 saturated heterocycles. The van der Waals surface area contributed by atoms with E-state index in [0.717, 1.165) is 36.0 Å². The number of nitriles is 1. The summed E-state index contributed by atoms with van der Waals surface area (Å²) < 4.78 is 17.5. The largest absolute Gasteiger partial charge is 0.493 e. The number of allylic oxidation sites excluding steroid dienone is 1. The van der Waals surface area contributed by atoms with E-state index in [-0.39, 0.29) is 5.88 Å². The maximum atomic E-state index is 12.6. The number of carbonyl (C=O) groups is 1. The zero-order valence-corrected chi connectivity index (χ0v) is 19.9. The van der Waals surface area contributed by atoms with E-state index < -0.39 is 11.9 Å². The molecule has 1 unspecified atom stereocenters. The van der Waals surface area contributed by atoms with Crippen molar-refractivity contribution < 1.29 is 19.0 Å². The van der Waals surface area contributed by atoms with Gasteiger partial charge in [-0.3, -0.25) is 0 Å². The van der Waals surface area contributed by atoms with Crippen LogP contribution in [-0.2, 0) is 0 Å². The Kier molecular flexibility index (Phi) is 7.37. The molecule has 1 aliphatic rings. The molecule has 0 spiro atoms. The van der Waals surface area contributed by atoms with Crippen molar-refractivity contribution in [3.8, 4) is 23.3 Å². The summed E-state index contributed by atoms with van der Waals surface area (Å²) in [6.45, 7) is 4.65. The van der Waals surface area contributed by atoms with Crippen LogP contribution in [-0.4, -0.2) is 12.6 Å². The van der Waals surface area contributed by atoms with Crippen LogP contribution in [0.1, 0.15) is 59.2 Å². The molecule has 35 heavy (non-hydrogen) atoms. The van der Waals surface area contributed by atoms with Crippen LogP contribution in [0.3, 0.4) is 0 Å². The number of nitrogens with two attached hydrogens (primary N) is 1. The molecule has 2 N–H and O–H groups in total. The first-order valence-electron chi connectivity index (χ1n) is 11.7. The third kappa shape index (κ3) is 5.30. The summed E-state index contributed by atoms with van der Waals surface area (Å²) in [6, 6.07) is 22.2. The molecule has 4 rings (SSSR count). The number of rotatable bonds is 8. The smallest absolute Gasteiger partial charge is 0.343 e. The van der Waals surface area contributed by atoms with Gasteiger partial charge in [0.2, 0.25) is 5.88 Å². The molecule has 0 amide bonds. The van der Waals surface area contributed by atoms with Gasteiger partial charge >= 0.3 is 5.97 Å². The topological polar surface area (TPSA) is 94.6 Å². The lowest BCUT2D eigenvalue weighted by atomic mass is 9.83. The quantitative estimate of drug-likeness (QED) is 0.247. The normalized spacial score (nSPS) is 14.5. The highest BCUT2D eigenvalue weighted by molar-refractivity contribution is 5.91. The number of ether oxygens (including phenoxy) is 3. The second kappa shape index (κ2) is 10.8. The van der Waals surface area contributed by atoms with E-state index in [4.69, 9.17) is 19.9 Å². The highest BCUT2D eigenvalue weighted by Crippen LogP contribution is 2.46. The van der Waals surface area contributed by atoms with Gasteiger partial charge in [0, 0.05) is 17.2 Å². The van der Waals surface area contributed by atoms with Crippen LogP contribution in [0.4, 0.5) is 0 Å². The minimum absolute atomic E-state index is 0.0212. The highest BCUT2D eigenvalue weighted by Gasteiger charge is 2.33. The molecular weight excluding hydrogens is 440 g/mol. The van der Waals surface area contributed by atoms with Gasteiger partial charge in [0.25, 0.3) is 0 Å². The maximum Gasteiger partial charge on any atom is 0.343 e. The summed E-state index contributed by atoms with van der Waals surface area (Å²) in [6.07, 6.45) is 3.14. The minimum atomic E-state index is -0.465. The fraction of sp³-hybridized carbons (Fsp3) is 0.241. The Morgan fingerprint density at radius 2 is 1.89 bits per heavy atom. The number of benzene rings is 3. The number of hydrogen-bond donors (Lipinski definition) is 1. The van der Waals surface area contributed by atoms with E-state index in [1.165, 1.54) is 0 Å². The number of unbranched alkanes of at least 4 members (excludes halogenated alkanes) is 2. The number of hydrogen-bond acceptors (Lipinski definition) is 6. The van der Waals surface area contributed by atoms with Crippen molar-refractivity contribution in [2.24, 2.45) is 5.73 Å². The van der Waals surface area contributed by atoms with Crippen LogP contribution in [0.2, 0.25) is 0 Å². The molecule has 0 aromatic heterocycles. The zero-order valence-electron chi connectivity index (χ0n) is 19.9.